The first-order chi connectivity index (χ1) is 9.04. The molecular weight excluding hydrogens is 283 g/mol. The van der Waals surface area contributed by atoms with E-state index in [0.29, 0.717) is 6.42 Å². The van der Waals surface area contributed by atoms with Crippen molar-refractivity contribution in [1.82, 2.24) is 4.90 Å². The van der Waals surface area contributed by atoms with E-state index in [1.165, 1.54) is 0 Å². The van der Waals surface area contributed by atoms with E-state index in [1.54, 1.807) is 0 Å². The molecule has 1 atom stereocenters. The first-order valence-electron chi connectivity index (χ1n) is 5.64. The summed E-state index contributed by atoms with van der Waals surface area (Å²) in [5, 5.41) is 7.12. The predicted octanol–water partition coefficient (Wildman–Crippen LogP) is -0.555. The van der Waals surface area contributed by atoms with E-state index in [0.717, 1.165) is 19.4 Å². The zero-order valence-corrected chi connectivity index (χ0v) is 10.5. The second-order valence-electron chi connectivity index (χ2n) is 4.21. The van der Waals surface area contributed by atoms with Gasteiger partial charge < -0.3 is 16.6 Å². The molecule has 1 unspecified atom stereocenters. The van der Waals surface area contributed by atoms with Gasteiger partial charge in [0.2, 0.25) is 11.8 Å². The zero-order valence-electron chi connectivity index (χ0n) is 10.5. The van der Waals surface area contributed by atoms with Gasteiger partial charge in [0.1, 0.15) is 0 Å². The van der Waals surface area contributed by atoms with Crippen LogP contribution >= 0.6 is 0 Å². The zero-order chi connectivity index (χ0) is 15.9. The van der Waals surface area contributed by atoms with Crippen molar-refractivity contribution in [2.45, 2.75) is 31.5 Å². The SMILES string of the molecule is NC(=O)CC1CCCN1CC(N)=O.O=C(O)C(F)(F)F. The Hall–Kier alpha value is -1.84. The number of primary amides is 2. The highest BCUT2D eigenvalue weighted by Crippen LogP contribution is 2.18. The number of hydrogen-bond acceptors (Lipinski definition) is 4. The van der Waals surface area contributed by atoms with E-state index in [4.69, 9.17) is 21.4 Å². The highest BCUT2D eigenvalue weighted by atomic mass is 19.4. The van der Waals surface area contributed by atoms with Gasteiger partial charge >= 0.3 is 12.1 Å². The lowest BCUT2D eigenvalue weighted by atomic mass is 10.1. The molecule has 0 aliphatic carbocycles. The largest absolute Gasteiger partial charge is 0.490 e. The van der Waals surface area contributed by atoms with E-state index in [-0.39, 0.29) is 24.4 Å². The van der Waals surface area contributed by atoms with Crippen molar-refractivity contribution in [3.63, 3.8) is 0 Å². The van der Waals surface area contributed by atoms with Crippen LogP contribution in [0.1, 0.15) is 19.3 Å². The van der Waals surface area contributed by atoms with Crippen LogP contribution in [-0.4, -0.2) is 53.1 Å². The van der Waals surface area contributed by atoms with E-state index in [1.807, 2.05) is 4.90 Å². The molecule has 0 spiro atoms. The van der Waals surface area contributed by atoms with Crippen LogP contribution in [0.25, 0.3) is 0 Å². The number of hydrogen-bond donors (Lipinski definition) is 3. The van der Waals surface area contributed by atoms with Crippen LogP contribution in [0.5, 0.6) is 0 Å². The van der Waals surface area contributed by atoms with Crippen LogP contribution in [0.15, 0.2) is 0 Å². The molecule has 1 saturated heterocycles. The number of amides is 2. The summed E-state index contributed by atoms with van der Waals surface area (Å²) in [7, 11) is 0. The molecule has 0 bridgehead atoms. The number of likely N-dealkylation sites (tertiary alicyclic amines) is 1. The van der Waals surface area contributed by atoms with Gasteiger partial charge in [0.25, 0.3) is 0 Å². The highest BCUT2D eigenvalue weighted by Gasteiger charge is 2.38. The molecule has 20 heavy (non-hydrogen) atoms. The number of carboxylic acid groups (broad SMARTS) is 1. The third-order valence-electron chi connectivity index (χ3n) is 2.54. The number of halogens is 3. The Balaban J connectivity index is 0.000000441. The van der Waals surface area contributed by atoms with Gasteiger partial charge in [-0.15, -0.1) is 0 Å². The third-order valence-corrected chi connectivity index (χ3v) is 2.54. The lowest BCUT2D eigenvalue weighted by Gasteiger charge is -2.21. The normalized spacial score (nSPS) is 19.1. The van der Waals surface area contributed by atoms with Gasteiger partial charge in [-0.05, 0) is 19.4 Å². The molecule has 1 rings (SSSR count). The maximum atomic E-state index is 10.7. The summed E-state index contributed by atoms with van der Waals surface area (Å²) in [6, 6.07) is 0.116. The van der Waals surface area contributed by atoms with Crippen LogP contribution < -0.4 is 11.5 Å². The standard InChI is InChI=1S/C8H15N3O2.C2HF3O2/c9-7(12)4-6-2-1-3-11(6)5-8(10)13;3-2(4,5)1(6)7/h6H,1-5H2,(H2,9,12)(H2,10,13);(H,6,7). The molecule has 5 N–H and O–H groups in total. The number of aliphatic carboxylic acids is 1. The molecule has 0 radical (unpaired) electrons. The molecular formula is C10H16F3N3O4. The summed E-state index contributed by atoms with van der Waals surface area (Å²) in [4.78, 5) is 32.1. The summed E-state index contributed by atoms with van der Waals surface area (Å²) < 4.78 is 31.7. The molecule has 7 nitrogen and oxygen atoms in total. The highest BCUT2D eigenvalue weighted by molar-refractivity contribution is 5.77. The minimum Gasteiger partial charge on any atom is -0.475 e. The molecule has 2 amide bonds. The summed E-state index contributed by atoms with van der Waals surface area (Å²) in [6.07, 6.45) is -2.82. The first-order valence-corrected chi connectivity index (χ1v) is 5.64. The number of carboxylic acids is 1. The van der Waals surface area contributed by atoms with Gasteiger partial charge in [-0.25, -0.2) is 4.79 Å². The summed E-state index contributed by atoms with van der Waals surface area (Å²) >= 11 is 0. The monoisotopic (exact) mass is 299 g/mol. The van der Waals surface area contributed by atoms with Crippen LogP contribution in [0, 0.1) is 0 Å². The molecule has 116 valence electrons. The van der Waals surface area contributed by atoms with E-state index >= 15 is 0 Å². The summed E-state index contributed by atoms with van der Waals surface area (Å²) in [5.74, 6) is -3.43. The van der Waals surface area contributed by atoms with Gasteiger partial charge in [0.15, 0.2) is 0 Å². The van der Waals surface area contributed by atoms with Crippen LogP contribution in [-0.2, 0) is 14.4 Å². The van der Waals surface area contributed by atoms with Crippen LogP contribution in [0.2, 0.25) is 0 Å². The van der Waals surface area contributed by atoms with Crippen LogP contribution in [0.3, 0.4) is 0 Å². The number of nitrogens with zero attached hydrogens (tertiary/aromatic N) is 1. The molecule has 1 heterocycles. The predicted molar refractivity (Wildman–Crippen MR) is 61.3 cm³/mol. The number of nitrogens with two attached hydrogens (primary N) is 2. The van der Waals surface area contributed by atoms with Crippen molar-refractivity contribution < 1.29 is 32.7 Å². The summed E-state index contributed by atoms with van der Waals surface area (Å²) in [5.41, 5.74) is 10.2. The Morgan fingerprint density at radius 1 is 1.20 bits per heavy atom. The third kappa shape index (κ3) is 7.56. The average molecular weight is 299 g/mol. The summed E-state index contributed by atoms with van der Waals surface area (Å²) in [6.45, 7) is 1.07. The van der Waals surface area contributed by atoms with Crippen molar-refractivity contribution in [1.29, 1.82) is 0 Å². The topological polar surface area (TPSA) is 127 Å². The van der Waals surface area contributed by atoms with Crippen molar-refractivity contribution in [3.8, 4) is 0 Å². The number of carbonyl (C=O) groups is 3. The quantitative estimate of drug-likeness (QED) is 0.641. The first kappa shape index (κ1) is 18.2. The van der Waals surface area contributed by atoms with Gasteiger partial charge in [-0.1, -0.05) is 0 Å². The Morgan fingerprint density at radius 3 is 2.05 bits per heavy atom. The molecule has 1 fully saturated rings. The Morgan fingerprint density at radius 2 is 1.70 bits per heavy atom. The average Bonchev–Trinajstić information content (AvgIpc) is 2.63. The number of rotatable bonds is 4. The molecule has 0 aromatic carbocycles. The lowest BCUT2D eigenvalue weighted by molar-refractivity contribution is -0.192. The fourth-order valence-electron chi connectivity index (χ4n) is 1.77. The molecule has 1 aliphatic heterocycles. The Kier molecular flexibility index (Phi) is 6.97. The van der Waals surface area contributed by atoms with E-state index in [2.05, 4.69) is 0 Å². The fraction of sp³-hybridized carbons (Fsp3) is 0.700. The van der Waals surface area contributed by atoms with Crippen molar-refractivity contribution in [2.24, 2.45) is 11.5 Å². The maximum Gasteiger partial charge on any atom is 0.490 e. The van der Waals surface area contributed by atoms with Gasteiger partial charge in [-0.3, -0.25) is 14.5 Å². The van der Waals surface area contributed by atoms with Crippen molar-refractivity contribution >= 4 is 17.8 Å². The van der Waals surface area contributed by atoms with E-state index < -0.39 is 12.1 Å². The Labute approximate surface area is 112 Å². The maximum absolute atomic E-state index is 10.7. The molecule has 0 aromatic rings. The van der Waals surface area contributed by atoms with Gasteiger partial charge in [0.05, 0.1) is 6.54 Å². The minimum atomic E-state index is -5.08. The van der Waals surface area contributed by atoms with Crippen LogP contribution in [0.4, 0.5) is 13.2 Å². The van der Waals surface area contributed by atoms with Gasteiger partial charge in [-0.2, -0.15) is 13.2 Å². The second-order valence-corrected chi connectivity index (χ2v) is 4.21. The second kappa shape index (κ2) is 7.68. The fourth-order valence-corrected chi connectivity index (χ4v) is 1.77. The molecule has 10 heteroatoms. The number of carbonyl (C=O) groups excluding carboxylic acids is 2. The minimum absolute atomic E-state index is 0.116. The van der Waals surface area contributed by atoms with E-state index in [9.17, 15) is 22.8 Å². The molecule has 0 aromatic heterocycles. The van der Waals surface area contributed by atoms with Crippen molar-refractivity contribution in [3.05, 3.63) is 0 Å². The van der Waals surface area contributed by atoms with Crippen molar-refractivity contribution in [2.75, 3.05) is 13.1 Å². The number of alkyl halides is 3. The lowest BCUT2D eigenvalue weighted by Crippen LogP contribution is -2.39. The van der Waals surface area contributed by atoms with Gasteiger partial charge in [0, 0.05) is 12.5 Å². The smallest absolute Gasteiger partial charge is 0.475 e. The molecule has 1 aliphatic rings. The molecule has 0 saturated carbocycles. The Bertz CT molecular complexity index is 351.